The molecule has 1 fully saturated rings. The zero-order chi connectivity index (χ0) is 22.2. The molecule has 2 N–H and O–H groups in total. The number of carbonyl (C=O) groups is 2. The van der Waals surface area contributed by atoms with Crippen molar-refractivity contribution in [2.24, 2.45) is 0 Å². The Morgan fingerprint density at radius 1 is 0.938 bits per heavy atom. The second-order valence-electron chi connectivity index (χ2n) is 7.59. The topological polar surface area (TPSA) is 91.6 Å². The van der Waals surface area contributed by atoms with E-state index in [1.807, 2.05) is 48.5 Å². The Bertz CT molecular complexity index is 1370. The summed E-state index contributed by atoms with van der Waals surface area (Å²) in [6, 6.07) is 21.4. The van der Waals surface area contributed by atoms with Crippen molar-refractivity contribution in [2.75, 3.05) is 18.4 Å². The molecule has 3 heterocycles. The Labute approximate surface area is 187 Å². The molecule has 5 rings (SSSR count). The number of thiophene rings is 1. The van der Waals surface area contributed by atoms with Gasteiger partial charge in [-0.05, 0) is 18.2 Å². The monoisotopic (exact) mass is 445 g/mol. The molecule has 1 aliphatic rings. The third-order valence-electron chi connectivity index (χ3n) is 5.51. The number of ketones is 1. The number of pyridine rings is 1. The molecule has 4 aromatic rings. The van der Waals surface area contributed by atoms with Crippen LogP contribution in [-0.2, 0) is 0 Å². The summed E-state index contributed by atoms with van der Waals surface area (Å²) in [7, 11) is 0. The third-order valence-corrected chi connectivity index (χ3v) is 6.63. The second-order valence-corrected chi connectivity index (χ2v) is 8.59. The minimum absolute atomic E-state index is 0.0987. The first-order valence-electron chi connectivity index (χ1n) is 10.1. The van der Waals surface area contributed by atoms with Gasteiger partial charge in [-0.3, -0.25) is 14.2 Å². The van der Waals surface area contributed by atoms with Crippen LogP contribution in [0.25, 0.3) is 15.9 Å². The highest BCUT2D eigenvalue weighted by molar-refractivity contribution is 7.23. The molecule has 1 aliphatic heterocycles. The van der Waals surface area contributed by atoms with Crippen LogP contribution >= 0.6 is 11.3 Å². The molecule has 7 nitrogen and oxygen atoms in total. The van der Waals surface area contributed by atoms with Crippen LogP contribution in [0, 0.1) is 0 Å². The minimum atomic E-state index is -0.960. The average molecular weight is 446 g/mol. The molecule has 32 heavy (non-hydrogen) atoms. The fraction of sp³-hybridized carbons (Fsp3) is 0.125. The van der Waals surface area contributed by atoms with Crippen molar-refractivity contribution in [3.05, 3.63) is 94.3 Å². The summed E-state index contributed by atoms with van der Waals surface area (Å²) in [5, 5.41) is 13.8. The normalized spacial score (nSPS) is 13.7. The van der Waals surface area contributed by atoms with Crippen LogP contribution in [-0.4, -0.2) is 45.6 Å². The Kier molecular flexibility index (Phi) is 4.99. The summed E-state index contributed by atoms with van der Waals surface area (Å²) >= 11 is 1.33. The predicted octanol–water partition coefficient (Wildman–Crippen LogP) is 4.06. The molecule has 1 amide bonds. The molecule has 0 radical (unpaired) electrons. The number of nitrogens with zero attached hydrogens (tertiary/aromatic N) is 2. The molecule has 0 unspecified atom stereocenters. The van der Waals surface area contributed by atoms with Crippen LogP contribution in [0.2, 0.25) is 0 Å². The molecule has 0 spiro atoms. The number of amides is 1. The van der Waals surface area contributed by atoms with Crippen molar-refractivity contribution in [1.29, 1.82) is 0 Å². The third kappa shape index (κ3) is 3.44. The van der Waals surface area contributed by atoms with Gasteiger partial charge in [0.2, 0.25) is 0 Å². The Hall–Kier alpha value is -3.91. The quantitative estimate of drug-likeness (QED) is 0.452. The lowest BCUT2D eigenvalue weighted by atomic mass is 10.0. The van der Waals surface area contributed by atoms with Gasteiger partial charge in [0.1, 0.15) is 9.83 Å². The van der Waals surface area contributed by atoms with Crippen molar-refractivity contribution in [1.82, 2.24) is 9.47 Å². The van der Waals surface area contributed by atoms with E-state index in [1.54, 1.807) is 22.8 Å². The lowest BCUT2D eigenvalue weighted by Gasteiger charge is -2.37. The number of likely N-dealkylation sites (tertiary alicyclic amines) is 1. The molecule has 0 bridgehead atoms. The largest absolute Gasteiger partial charge is 0.465 e. The lowest BCUT2D eigenvalue weighted by molar-refractivity contribution is 0.103. The number of para-hydroxylation sites is 1. The van der Waals surface area contributed by atoms with E-state index < -0.39 is 6.09 Å². The van der Waals surface area contributed by atoms with E-state index in [0.717, 1.165) is 5.69 Å². The fourth-order valence-corrected chi connectivity index (χ4v) is 5.17. The molecule has 1 saturated heterocycles. The lowest BCUT2D eigenvalue weighted by Crippen LogP contribution is -2.56. The number of aromatic nitrogens is 1. The van der Waals surface area contributed by atoms with E-state index in [-0.39, 0.29) is 17.4 Å². The summed E-state index contributed by atoms with van der Waals surface area (Å²) in [5.74, 6) is -0.146. The van der Waals surface area contributed by atoms with E-state index in [9.17, 15) is 14.4 Å². The van der Waals surface area contributed by atoms with Crippen molar-refractivity contribution < 1.29 is 14.7 Å². The van der Waals surface area contributed by atoms with Gasteiger partial charge in [-0.25, -0.2) is 4.79 Å². The molecule has 0 atom stereocenters. The van der Waals surface area contributed by atoms with Gasteiger partial charge < -0.3 is 15.3 Å². The van der Waals surface area contributed by atoms with Gasteiger partial charge in [0.15, 0.2) is 5.78 Å². The number of anilines is 1. The smallest absolute Gasteiger partial charge is 0.407 e. The molecule has 8 heteroatoms. The number of benzene rings is 2. The Balaban J connectivity index is 1.66. The SMILES string of the molecule is O=C(c1ccccc1)c1c(NC2CN(C(=O)O)C2)sc2c1ccc(=O)n2-c1ccccc1. The maximum absolute atomic E-state index is 13.5. The number of hydrogen-bond acceptors (Lipinski definition) is 5. The summed E-state index contributed by atoms with van der Waals surface area (Å²) in [5.41, 5.74) is 1.58. The maximum atomic E-state index is 13.5. The first-order valence-corrected chi connectivity index (χ1v) is 10.9. The first kappa shape index (κ1) is 20.0. The number of carbonyl (C=O) groups excluding carboxylic acids is 1. The number of fused-ring (bicyclic) bond motifs is 1. The van der Waals surface area contributed by atoms with E-state index in [2.05, 4.69) is 5.32 Å². The summed E-state index contributed by atoms with van der Waals surface area (Å²) in [6.45, 7) is 0.683. The van der Waals surface area contributed by atoms with Crippen LogP contribution in [0.5, 0.6) is 0 Å². The van der Waals surface area contributed by atoms with Crippen LogP contribution in [0.4, 0.5) is 9.80 Å². The average Bonchev–Trinajstić information content (AvgIpc) is 3.14. The number of nitrogens with one attached hydrogen (secondary N) is 1. The fourth-order valence-electron chi connectivity index (χ4n) is 3.88. The van der Waals surface area contributed by atoms with Gasteiger partial charge in [0, 0.05) is 30.1 Å². The van der Waals surface area contributed by atoms with Gasteiger partial charge in [0.05, 0.1) is 17.3 Å². The van der Waals surface area contributed by atoms with Gasteiger partial charge in [-0.2, -0.15) is 0 Å². The first-order chi connectivity index (χ1) is 15.5. The standard InChI is InChI=1S/C24H19N3O4S/c28-19-12-11-18-20(21(29)15-7-3-1-4-8-15)22(25-16-13-26(14-16)24(30)31)32-23(18)27(19)17-9-5-2-6-10-17/h1-12,16,25H,13-14H2,(H,30,31). The number of carboxylic acid groups (broad SMARTS) is 1. The molecule has 2 aromatic heterocycles. The van der Waals surface area contributed by atoms with Crippen LogP contribution in [0.1, 0.15) is 15.9 Å². The summed E-state index contributed by atoms with van der Waals surface area (Å²) < 4.78 is 1.61. The Morgan fingerprint density at radius 2 is 1.59 bits per heavy atom. The molecule has 0 saturated carbocycles. The van der Waals surface area contributed by atoms with Crippen molar-refractivity contribution in [3.8, 4) is 5.69 Å². The molecule has 160 valence electrons. The van der Waals surface area contributed by atoms with Crippen molar-refractivity contribution in [3.63, 3.8) is 0 Å². The predicted molar refractivity (Wildman–Crippen MR) is 124 cm³/mol. The number of rotatable bonds is 5. The highest BCUT2D eigenvalue weighted by Crippen LogP contribution is 2.38. The Morgan fingerprint density at radius 3 is 2.25 bits per heavy atom. The van der Waals surface area contributed by atoms with Crippen molar-refractivity contribution >= 4 is 38.4 Å². The van der Waals surface area contributed by atoms with E-state index in [1.165, 1.54) is 22.3 Å². The highest BCUT2D eigenvalue weighted by Gasteiger charge is 2.32. The molecule has 2 aromatic carbocycles. The van der Waals surface area contributed by atoms with Crippen LogP contribution < -0.4 is 10.9 Å². The van der Waals surface area contributed by atoms with Gasteiger partial charge in [-0.15, -0.1) is 0 Å². The van der Waals surface area contributed by atoms with E-state index in [0.29, 0.717) is 39.4 Å². The summed E-state index contributed by atoms with van der Waals surface area (Å²) in [6.07, 6.45) is -0.960. The molecular weight excluding hydrogens is 426 g/mol. The molecule has 0 aliphatic carbocycles. The zero-order valence-electron chi connectivity index (χ0n) is 16.9. The van der Waals surface area contributed by atoms with E-state index in [4.69, 9.17) is 5.11 Å². The van der Waals surface area contributed by atoms with Gasteiger partial charge in [-0.1, -0.05) is 59.9 Å². The minimum Gasteiger partial charge on any atom is -0.465 e. The number of hydrogen-bond donors (Lipinski definition) is 2. The van der Waals surface area contributed by atoms with Crippen molar-refractivity contribution in [2.45, 2.75) is 6.04 Å². The second kappa shape index (κ2) is 7.97. The summed E-state index contributed by atoms with van der Waals surface area (Å²) in [4.78, 5) is 39.4. The van der Waals surface area contributed by atoms with Gasteiger partial charge >= 0.3 is 6.09 Å². The van der Waals surface area contributed by atoms with Gasteiger partial charge in [0.25, 0.3) is 5.56 Å². The maximum Gasteiger partial charge on any atom is 0.407 e. The van der Waals surface area contributed by atoms with Crippen LogP contribution in [0.15, 0.2) is 77.6 Å². The highest BCUT2D eigenvalue weighted by atomic mass is 32.1. The zero-order valence-corrected chi connectivity index (χ0v) is 17.7. The van der Waals surface area contributed by atoms with E-state index >= 15 is 0 Å². The molecular formula is C24H19N3O4S. The van der Waals surface area contributed by atoms with Crippen LogP contribution in [0.3, 0.4) is 0 Å².